The molecule has 29 heavy (non-hydrogen) atoms. The average Bonchev–Trinajstić information content (AvgIpc) is 3.18. The Labute approximate surface area is 182 Å². The first kappa shape index (κ1) is 20.8. The highest BCUT2D eigenvalue weighted by Gasteiger charge is 2.39. The molecule has 1 aliphatic heterocycles. The second-order valence-corrected chi connectivity index (χ2v) is 12.1. The molecule has 1 aliphatic carbocycles. The molecule has 0 unspecified atom stereocenters. The molecule has 2 aliphatic rings. The van der Waals surface area contributed by atoms with Gasteiger partial charge in [0.2, 0.25) is 5.96 Å². The highest BCUT2D eigenvalue weighted by atomic mass is 32.1. The van der Waals surface area contributed by atoms with E-state index >= 15 is 0 Å². The van der Waals surface area contributed by atoms with E-state index in [1.165, 1.54) is 17.7 Å². The van der Waals surface area contributed by atoms with E-state index < -0.39 is 0 Å². The molecular weight excluding hydrogens is 398 g/mol. The Bertz CT molecular complexity index is 915. The predicted octanol–water partition coefficient (Wildman–Crippen LogP) is 4.58. The zero-order valence-electron chi connectivity index (χ0n) is 18.2. The fourth-order valence-electron chi connectivity index (χ4n) is 4.71. The smallest absolute Gasteiger partial charge is 0.217 e. The highest BCUT2D eigenvalue weighted by molar-refractivity contribution is 7.09. The lowest BCUT2D eigenvalue weighted by molar-refractivity contribution is 0.163. The Balaban J connectivity index is 1.74. The summed E-state index contributed by atoms with van der Waals surface area (Å²) >= 11 is 3.45. The molecule has 0 radical (unpaired) electrons. The van der Waals surface area contributed by atoms with Crippen LogP contribution in [-0.2, 0) is 6.54 Å². The number of hydrogen-bond acceptors (Lipinski definition) is 5. The van der Waals surface area contributed by atoms with E-state index in [4.69, 9.17) is 10.4 Å². The summed E-state index contributed by atoms with van der Waals surface area (Å²) in [5, 5.41) is 14.5. The van der Waals surface area contributed by atoms with Gasteiger partial charge in [0.25, 0.3) is 0 Å². The normalized spacial score (nSPS) is 22.0. The Morgan fingerprint density at radius 1 is 1.28 bits per heavy atom. The van der Waals surface area contributed by atoms with Crippen LogP contribution in [0.3, 0.4) is 0 Å². The van der Waals surface area contributed by atoms with Crippen molar-refractivity contribution in [2.75, 3.05) is 0 Å². The molecule has 2 aromatic rings. The maximum Gasteiger partial charge on any atom is 0.217 e. The minimum absolute atomic E-state index is 0.0546. The molecule has 1 saturated carbocycles. The molecule has 2 fully saturated rings. The largest absolute Gasteiger partial charge is 0.333 e. The number of nitrogens with one attached hydrogen (secondary N) is 2. The number of thiophene rings is 1. The first-order valence-corrected chi connectivity index (χ1v) is 12.2. The number of aromatic nitrogens is 1. The van der Waals surface area contributed by atoms with E-state index in [1.54, 1.807) is 22.9 Å². The summed E-state index contributed by atoms with van der Waals surface area (Å²) in [5.74, 6) is 0.975. The molecule has 2 aromatic heterocycles. The van der Waals surface area contributed by atoms with Gasteiger partial charge >= 0.3 is 0 Å². The summed E-state index contributed by atoms with van der Waals surface area (Å²) in [5.41, 5.74) is 0.647. The van der Waals surface area contributed by atoms with Crippen LogP contribution in [-0.4, -0.2) is 38.0 Å². The summed E-state index contributed by atoms with van der Waals surface area (Å²) in [6.45, 7) is 12.1. The summed E-state index contributed by atoms with van der Waals surface area (Å²) in [6, 6.07) is 7.06. The Kier molecular flexibility index (Phi) is 5.51. The van der Waals surface area contributed by atoms with Gasteiger partial charge < -0.3 is 10.2 Å². The number of piperidine rings is 1. The van der Waals surface area contributed by atoms with Crippen molar-refractivity contribution >= 4 is 28.8 Å². The molecule has 2 N–H and O–H groups in total. The molecule has 3 heterocycles. The summed E-state index contributed by atoms with van der Waals surface area (Å²) in [4.78, 5) is 10.3. The third-order valence-electron chi connectivity index (χ3n) is 5.59. The fourth-order valence-corrected chi connectivity index (χ4v) is 6.24. The lowest BCUT2D eigenvalue weighted by Gasteiger charge is -2.45. The minimum Gasteiger partial charge on any atom is -0.333 e. The fraction of sp³-hybridized carbons (Fsp3) is 0.636. The molecule has 4 rings (SSSR count). The van der Waals surface area contributed by atoms with E-state index in [-0.39, 0.29) is 17.1 Å². The number of aliphatic imine (C=N–C) groups is 1. The van der Waals surface area contributed by atoms with Crippen molar-refractivity contribution in [1.82, 2.24) is 14.2 Å². The molecule has 7 heteroatoms. The van der Waals surface area contributed by atoms with Gasteiger partial charge in [-0.25, -0.2) is 8.95 Å². The summed E-state index contributed by atoms with van der Waals surface area (Å²) < 4.78 is 2.04. The van der Waals surface area contributed by atoms with E-state index in [0.717, 1.165) is 30.2 Å². The molecule has 0 spiro atoms. The van der Waals surface area contributed by atoms with Crippen molar-refractivity contribution < 1.29 is 0 Å². The Hall–Kier alpha value is -1.44. The van der Waals surface area contributed by atoms with Gasteiger partial charge in [-0.2, -0.15) is 0 Å². The second kappa shape index (κ2) is 7.67. The standard InChI is InChI=1S/C22H33N5S2/c1-15-11-19(23)27(29-15)20(24-16-12-21(2,3)25-22(4,5)13-16)26(17-8-9-17)14-18-7-6-10-28-18/h6-7,10-11,16-17,23,25H,8-9,12-14H2,1-5H3. The first-order valence-electron chi connectivity index (χ1n) is 10.5. The lowest BCUT2D eigenvalue weighted by atomic mass is 9.80. The molecule has 158 valence electrons. The predicted molar refractivity (Wildman–Crippen MR) is 123 cm³/mol. The van der Waals surface area contributed by atoms with Crippen molar-refractivity contribution in [3.8, 4) is 0 Å². The average molecular weight is 432 g/mol. The van der Waals surface area contributed by atoms with Crippen LogP contribution in [0.2, 0.25) is 0 Å². The van der Waals surface area contributed by atoms with Crippen molar-refractivity contribution in [3.05, 3.63) is 38.8 Å². The molecule has 1 saturated heterocycles. The quantitative estimate of drug-likeness (QED) is 0.550. The van der Waals surface area contributed by atoms with Gasteiger partial charge in [-0.15, -0.1) is 11.3 Å². The summed E-state index contributed by atoms with van der Waals surface area (Å²) in [6.07, 6.45) is 4.45. The topological polar surface area (TPSA) is 56.4 Å². The third kappa shape index (κ3) is 5.01. The second-order valence-electron chi connectivity index (χ2n) is 9.85. The van der Waals surface area contributed by atoms with Crippen LogP contribution in [0.25, 0.3) is 0 Å². The maximum atomic E-state index is 8.56. The van der Waals surface area contributed by atoms with E-state index in [0.29, 0.717) is 11.5 Å². The maximum absolute atomic E-state index is 8.56. The van der Waals surface area contributed by atoms with Crippen LogP contribution in [0.15, 0.2) is 28.6 Å². The molecular formula is C22H33N5S2. The van der Waals surface area contributed by atoms with Gasteiger partial charge in [0, 0.05) is 26.9 Å². The van der Waals surface area contributed by atoms with Gasteiger partial charge in [-0.3, -0.25) is 5.41 Å². The van der Waals surface area contributed by atoms with Gasteiger partial charge in [-0.05, 0) is 77.8 Å². The van der Waals surface area contributed by atoms with Crippen molar-refractivity contribution in [2.45, 2.75) is 90.0 Å². The van der Waals surface area contributed by atoms with Crippen LogP contribution >= 0.6 is 22.9 Å². The van der Waals surface area contributed by atoms with Crippen LogP contribution < -0.4 is 10.8 Å². The van der Waals surface area contributed by atoms with Crippen molar-refractivity contribution in [3.63, 3.8) is 0 Å². The van der Waals surface area contributed by atoms with Crippen molar-refractivity contribution in [1.29, 1.82) is 5.41 Å². The number of rotatable bonds is 4. The van der Waals surface area contributed by atoms with Gasteiger partial charge in [-0.1, -0.05) is 17.6 Å². The lowest BCUT2D eigenvalue weighted by Crippen LogP contribution is -2.59. The molecule has 0 amide bonds. The molecule has 0 bridgehead atoms. The summed E-state index contributed by atoms with van der Waals surface area (Å²) in [7, 11) is 0. The minimum atomic E-state index is 0.0546. The van der Waals surface area contributed by atoms with Crippen LogP contribution in [0.1, 0.15) is 63.1 Å². The monoisotopic (exact) mass is 431 g/mol. The Morgan fingerprint density at radius 3 is 2.48 bits per heavy atom. The van der Waals surface area contributed by atoms with Gasteiger partial charge in [0.05, 0.1) is 12.6 Å². The number of nitrogens with zero attached hydrogens (tertiary/aromatic N) is 3. The number of hydrogen-bond donors (Lipinski definition) is 2. The molecule has 0 aromatic carbocycles. The van der Waals surface area contributed by atoms with Crippen LogP contribution in [0, 0.1) is 12.3 Å². The van der Waals surface area contributed by atoms with E-state index in [2.05, 4.69) is 62.3 Å². The third-order valence-corrected chi connectivity index (χ3v) is 7.40. The van der Waals surface area contributed by atoms with Gasteiger partial charge in [0.1, 0.15) is 5.49 Å². The number of aryl methyl sites for hydroxylation is 1. The first-order chi connectivity index (χ1) is 13.6. The van der Waals surface area contributed by atoms with Crippen LogP contribution in [0.4, 0.5) is 0 Å². The highest BCUT2D eigenvalue weighted by Crippen LogP contribution is 2.33. The zero-order valence-corrected chi connectivity index (χ0v) is 19.8. The molecule has 5 nitrogen and oxygen atoms in total. The van der Waals surface area contributed by atoms with Gasteiger partial charge in [0.15, 0.2) is 0 Å². The van der Waals surface area contributed by atoms with E-state index in [9.17, 15) is 0 Å². The van der Waals surface area contributed by atoms with Crippen LogP contribution in [0.5, 0.6) is 0 Å². The molecule has 0 atom stereocenters. The SMILES string of the molecule is Cc1cc(=N)n(C(=NC2CC(C)(C)NC(C)(C)C2)N(Cc2cccs2)C2CC2)s1. The van der Waals surface area contributed by atoms with Crippen molar-refractivity contribution in [2.24, 2.45) is 4.99 Å². The van der Waals surface area contributed by atoms with E-state index in [1.807, 2.05) is 10.0 Å². The Morgan fingerprint density at radius 2 is 1.97 bits per heavy atom. The zero-order chi connectivity index (χ0) is 20.8.